The van der Waals surface area contributed by atoms with Crippen molar-refractivity contribution in [2.45, 2.75) is 178 Å². The van der Waals surface area contributed by atoms with Crippen molar-refractivity contribution >= 4 is 48.1 Å². The van der Waals surface area contributed by atoms with E-state index in [9.17, 15) is 9.90 Å². The molecule has 0 aliphatic heterocycles. The number of thiophene rings is 1. The summed E-state index contributed by atoms with van der Waals surface area (Å²) in [5, 5.41) is 15.3. The zero-order chi connectivity index (χ0) is 49.7. The van der Waals surface area contributed by atoms with Crippen molar-refractivity contribution in [2.75, 3.05) is 0 Å². The number of carbonyl (C=O) groups is 1. The van der Waals surface area contributed by atoms with Gasteiger partial charge in [0, 0.05) is 64.7 Å². The van der Waals surface area contributed by atoms with Crippen LogP contribution in [0.5, 0.6) is 0 Å². The normalized spacial score (nSPS) is 17.2. The summed E-state index contributed by atoms with van der Waals surface area (Å²) >= 11 is 1.92. The van der Waals surface area contributed by atoms with Gasteiger partial charge in [-0.3, -0.25) is 9.78 Å². The fourth-order valence-electron chi connectivity index (χ4n) is 13.6. The molecule has 1 N–H and O–H groups in total. The van der Waals surface area contributed by atoms with Crippen LogP contribution in [0.25, 0.3) is 53.3 Å². The average molecular weight is 1110 g/mol. The number of aliphatic hydroxyl groups is 1. The van der Waals surface area contributed by atoms with E-state index in [1.165, 1.54) is 66.7 Å². The van der Waals surface area contributed by atoms with Crippen molar-refractivity contribution in [1.29, 1.82) is 0 Å². The van der Waals surface area contributed by atoms with Gasteiger partial charge in [-0.25, -0.2) is 0 Å². The van der Waals surface area contributed by atoms with Gasteiger partial charge in [0.15, 0.2) is 5.78 Å². The molecule has 2 heterocycles. The number of rotatable bonds is 9. The van der Waals surface area contributed by atoms with Crippen molar-refractivity contribution < 1.29 is 30.0 Å². The molecule has 3 nitrogen and oxygen atoms in total. The fourth-order valence-corrected chi connectivity index (χ4v) is 14.9. The number of aliphatic hydroxyl groups excluding tert-OH is 1. The van der Waals surface area contributed by atoms with Crippen LogP contribution in [0.3, 0.4) is 0 Å². The van der Waals surface area contributed by atoms with Crippen LogP contribution in [-0.2, 0) is 52.0 Å². The number of pyridine rings is 1. The van der Waals surface area contributed by atoms with Crippen molar-refractivity contribution in [3.05, 3.63) is 112 Å². The first-order chi connectivity index (χ1) is 30.9. The van der Waals surface area contributed by atoms with Crippen molar-refractivity contribution in [2.24, 2.45) is 35.5 Å². The Hall–Kier alpha value is -3.63. The van der Waals surface area contributed by atoms with Crippen LogP contribution in [-0.4, -0.2) is 15.9 Å². The molecule has 0 saturated carbocycles. The predicted molar refractivity (Wildman–Crippen MR) is 291 cm³/mol. The van der Waals surface area contributed by atoms with Gasteiger partial charge < -0.3 is 5.11 Å². The Morgan fingerprint density at radius 1 is 0.691 bits per heavy atom. The summed E-state index contributed by atoms with van der Waals surface area (Å²) in [5.74, 6) is 1.63. The van der Waals surface area contributed by atoms with Gasteiger partial charge in [0.2, 0.25) is 0 Å². The Morgan fingerprint density at radius 3 is 1.72 bits per heavy atom. The molecule has 0 bridgehead atoms. The van der Waals surface area contributed by atoms with Gasteiger partial charge in [-0.05, 0) is 121 Å². The number of fused-ring (bicyclic) bond motifs is 6. The van der Waals surface area contributed by atoms with Gasteiger partial charge in [0.25, 0.3) is 0 Å². The number of hydrogen-bond acceptors (Lipinski definition) is 4. The van der Waals surface area contributed by atoms with E-state index >= 15 is 0 Å². The second kappa shape index (κ2) is 18.8. The maximum absolute atomic E-state index is 12.3. The molecule has 0 unspecified atom stereocenters. The van der Waals surface area contributed by atoms with E-state index in [0.717, 1.165) is 16.6 Å². The number of nitrogens with zero attached hydrogens (tertiary/aromatic N) is 1. The molecule has 0 amide bonds. The first-order valence-corrected chi connectivity index (χ1v) is 26.2. The van der Waals surface area contributed by atoms with Crippen LogP contribution in [0.15, 0.2) is 72.6 Å². The van der Waals surface area contributed by atoms with Crippen molar-refractivity contribution in [1.82, 2.24) is 4.98 Å². The molecular formula is C63H82IrNO2S-. The van der Waals surface area contributed by atoms with Gasteiger partial charge in [0.1, 0.15) is 0 Å². The second-order valence-electron chi connectivity index (χ2n) is 25.6. The molecule has 2 aromatic heterocycles. The second-order valence-corrected chi connectivity index (χ2v) is 26.7. The van der Waals surface area contributed by atoms with E-state index in [-0.39, 0.29) is 70.6 Å². The molecule has 6 aromatic rings. The topological polar surface area (TPSA) is 50.2 Å². The quantitative estimate of drug-likeness (QED) is 0.0892. The van der Waals surface area contributed by atoms with Crippen LogP contribution in [0, 0.1) is 48.5 Å². The molecule has 367 valence electrons. The molecule has 1 radical (unpaired) electrons. The predicted octanol–water partition coefficient (Wildman–Crippen LogP) is 18.1. The molecule has 0 saturated heterocycles. The summed E-state index contributed by atoms with van der Waals surface area (Å²) in [6.07, 6.45) is 5.82. The average Bonchev–Trinajstić information content (AvgIpc) is 3.73. The smallest absolute Gasteiger partial charge is 0.162 e. The number of aromatic nitrogens is 1. The van der Waals surface area contributed by atoms with Crippen molar-refractivity contribution in [3.8, 4) is 22.4 Å². The van der Waals surface area contributed by atoms with Crippen LogP contribution >= 0.6 is 11.3 Å². The molecule has 8 rings (SSSR count). The summed E-state index contributed by atoms with van der Waals surface area (Å²) in [6.45, 7) is 45.7. The summed E-state index contributed by atoms with van der Waals surface area (Å²) in [7, 11) is 0. The zero-order valence-electron chi connectivity index (χ0n) is 45.3. The number of benzene rings is 4. The number of ketones is 1. The Kier molecular flexibility index (Phi) is 14.9. The molecule has 68 heavy (non-hydrogen) atoms. The van der Waals surface area contributed by atoms with Crippen LogP contribution in [0.4, 0.5) is 0 Å². The Bertz CT molecular complexity index is 2840. The molecule has 4 aromatic carbocycles. The third kappa shape index (κ3) is 9.61. The van der Waals surface area contributed by atoms with Gasteiger partial charge >= 0.3 is 0 Å². The van der Waals surface area contributed by atoms with Crippen LogP contribution < -0.4 is 0 Å². The minimum atomic E-state index is -0.0119. The Labute approximate surface area is 428 Å². The summed E-state index contributed by atoms with van der Waals surface area (Å²) in [4.78, 5) is 17.4. The molecule has 5 heteroatoms. The molecule has 0 spiro atoms. The molecule has 2 aliphatic rings. The Balaban J connectivity index is 0.000000325. The van der Waals surface area contributed by atoms with E-state index in [2.05, 4.69) is 199 Å². The summed E-state index contributed by atoms with van der Waals surface area (Å²) in [6, 6.07) is 24.5. The summed E-state index contributed by atoms with van der Waals surface area (Å²) < 4.78 is 2.63. The van der Waals surface area contributed by atoms with E-state index in [4.69, 9.17) is 4.98 Å². The minimum Gasteiger partial charge on any atom is -0.512 e. The van der Waals surface area contributed by atoms with Gasteiger partial charge in [0.05, 0.1) is 5.76 Å². The monoisotopic (exact) mass is 1110 g/mol. The van der Waals surface area contributed by atoms with E-state index in [1.54, 1.807) is 22.3 Å². The largest absolute Gasteiger partial charge is 0.512 e. The van der Waals surface area contributed by atoms with E-state index < -0.39 is 0 Å². The van der Waals surface area contributed by atoms with Gasteiger partial charge in [-0.1, -0.05) is 179 Å². The maximum atomic E-state index is 12.3. The summed E-state index contributed by atoms with van der Waals surface area (Å²) in [5.41, 5.74) is 14.6. The zero-order valence-corrected chi connectivity index (χ0v) is 48.5. The number of allylic oxidation sites excluding steroid dienone is 2. The fraction of sp³-hybridized carbons (Fsp3) is 0.524. The third-order valence-electron chi connectivity index (χ3n) is 15.7. The molecule has 0 atom stereocenters. The SMILES string of the molecule is CC(C)C(C(=O)/C=C(\O)C(C(C)C)C(C)C)C(C)C.Cc1c(-c2c3c(cc4c2C(C)(C)CC4(C)C)C(C)(C)CC3(C)C)ccc2c1sc1c(-c3[c-]c4ccccc4c(C(C)(C)C)c3)nccc12.[Ir]. The molecule has 2 aliphatic carbocycles. The third-order valence-corrected chi connectivity index (χ3v) is 17.0. The standard InChI is InChI=1S/C46H50NS.C17H32O2.Ir/c1-26-29(36-37-34(43(5,6)24-45(37,9)10)23-35-38(36)46(11,12)25-44(35,7)8)17-18-31-32-19-20-47-39(41(32)48-40(26)31)28-21-27-15-13-14-16-30(27)33(22-28)42(2,3)4;1-10(2)16(11(3)4)14(18)9-15(19)17(12(5)6)13(7)8;/h13-20,22-23H,24-25H2,1-12H3;9-13,16-18H,1-8H3;/q-1;;/b;14-9-;. The van der Waals surface area contributed by atoms with Crippen LogP contribution in [0.1, 0.15) is 178 Å². The van der Waals surface area contributed by atoms with Crippen LogP contribution in [0.2, 0.25) is 0 Å². The number of hydrogen-bond donors (Lipinski definition) is 1. The maximum Gasteiger partial charge on any atom is 0.162 e. The Morgan fingerprint density at radius 2 is 1.21 bits per heavy atom. The number of carbonyl (C=O) groups excluding carboxylic acids is 1. The van der Waals surface area contributed by atoms with E-state index in [0.29, 0.717) is 23.7 Å². The molecular weight excluding hydrogens is 1030 g/mol. The minimum absolute atomic E-state index is 0. The molecule has 0 fully saturated rings. The van der Waals surface area contributed by atoms with E-state index in [1.807, 2.05) is 17.5 Å². The van der Waals surface area contributed by atoms with Gasteiger partial charge in [-0.15, -0.1) is 40.5 Å². The van der Waals surface area contributed by atoms with Crippen molar-refractivity contribution in [3.63, 3.8) is 0 Å². The first kappa shape index (κ1) is 53.7. The number of aryl methyl sites for hydroxylation is 1. The van der Waals surface area contributed by atoms with Gasteiger partial charge in [-0.2, -0.15) is 0 Å². The first-order valence-electron chi connectivity index (χ1n) is 25.4.